The number of methoxy groups -OCH3 is 1. The lowest BCUT2D eigenvalue weighted by Crippen LogP contribution is -2.59. The second-order valence-electron chi connectivity index (χ2n) is 18.5. The van der Waals surface area contributed by atoms with Gasteiger partial charge in [-0.15, -0.1) is 0 Å². The molecule has 2 N–H and O–H groups in total. The lowest BCUT2D eigenvalue weighted by Gasteiger charge is -2.46. The van der Waals surface area contributed by atoms with Crippen molar-refractivity contribution in [1.82, 2.24) is 20.0 Å². The van der Waals surface area contributed by atoms with Crippen molar-refractivity contribution in [3.8, 4) is 17.2 Å². The minimum Gasteiger partial charge on any atom is -0.491 e. The smallest absolute Gasteiger partial charge is 0.329 e. The Kier molecular flexibility index (Phi) is 12.8. The molecule has 0 saturated carbocycles. The predicted octanol–water partition coefficient (Wildman–Crippen LogP) is 5.70. The monoisotopic (exact) mass is 949 g/mol. The normalized spacial score (nSPS) is 24.3. The molecule has 0 aromatic heterocycles. The zero-order valence-electron chi connectivity index (χ0n) is 39.1. The summed E-state index contributed by atoms with van der Waals surface area (Å²) in [5.74, 6) is -2.88. The van der Waals surface area contributed by atoms with Crippen LogP contribution in [-0.2, 0) is 40.6 Å². The van der Waals surface area contributed by atoms with Crippen molar-refractivity contribution in [3.63, 3.8) is 0 Å². The van der Waals surface area contributed by atoms with Crippen molar-refractivity contribution in [1.29, 1.82) is 0 Å². The number of morpholine rings is 1. The number of para-hydroxylation sites is 2. The fourth-order valence-electron chi connectivity index (χ4n) is 11.3. The molecule has 16 nitrogen and oxygen atoms in total. The number of piperazine rings is 1. The van der Waals surface area contributed by atoms with Crippen LogP contribution in [0.3, 0.4) is 0 Å². The van der Waals surface area contributed by atoms with Gasteiger partial charge in [0.05, 0.1) is 37.4 Å². The Labute approximate surface area is 405 Å². The number of aliphatic hydroxyl groups excluding tert-OH is 1. The molecule has 362 valence electrons. The number of rotatable bonds is 12. The summed E-state index contributed by atoms with van der Waals surface area (Å²) in [5.41, 5.74) is 1.41. The second-order valence-corrected chi connectivity index (χ2v) is 18.5. The Balaban J connectivity index is 1.17. The quantitative estimate of drug-likeness (QED) is 0.146. The molecular weight excluding hydrogens is 895 g/mol. The molecule has 0 bridgehead atoms. The Bertz CT molecular complexity index is 2790. The van der Waals surface area contributed by atoms with E-state index in [0.717, 1.165) is 16.0 Å². The maximum Gasteiger partial charge on any atom is 0.329 e. The number of benzene rings is 5. The molecule has 3 saturated heterocycles. The van der Waals surface area contributed by atoms with Crippen LogP contribution in [0.25, 0.3) is 0 Å². The summed E-state index contributed by atoms with van der Waals surface area (Å²) in [6, 6.07) is 33.3. The molecule has 0 aliphatic carbocycles. The second kappa shape index (κ2) is 19.3. The molecule has 70 heavy (non-hydrogen) atoms. The van der Waals surface area contributed by atoms with Gasteiger partial charge in [0.1, 0.15) is 36.0 Å². The number of imide groups is 1. The third-order valence-electron chi connectivity index (χ3n) is 14.3. The third kappa shape index (κ3) is 7.89. The van der Waals surface area contributed by atoms with Crippen molar-refractivity contribution in [2.24, 2.45) is 11.8 Å². The highest BCUT2D eigenvalue weighted by Crippen LogP contribution is 2.66. The fourth-order valence-corrected chi connectivity index (χ4v) is 11.3. The first kappa shape index (κ1) is 46.5. The molecule has 4 amide bonds. The zero-order valence-corrected chi connectivity index (χ0v) is 39.1. The zero-order chi connectivity index (χ0) is 48.7. The number of carbonyl (C=O) groups is 5. The van der Waals surface area contributed by atoms with Crippen LogP contribution in [0.2, 0.25) is 0 Å². The van der Waals surface area contributed by atoms with E-state index >= 15 is 14.4 Å². The topological polar surface area (TPSA) is 177 Å². The number of hydrogen-bond donors (Lipinski definition) is 2. The molecule has 5 aromatic rings. The van der Waals surface area contributed by atoms with Crippen LogP contribution in [0.1, 0.15) is 59.9 Å². The molecule has 16 heteroatoms. The number of nitrogens with one attached hydrogen (secondary N) is 1. The van der Waals surface area contributed by atoms with Crippen LogP contribution in [0.15, 0.2) is 127 Å². The minimum atomic E-state index is -2.02. The number of nitrogens with zero attached hydrogens (tertiary/aromatic N) is 4. The number of cyclic esters (lactones) is 1. The van der Waals surface area contributed by atoms with E-state index in [4.69, 9.17) is 23.7 Å². The highest BCUT2D eigenvalue weighted by atomic mass is 16.7. The van der Waals surface area contributed by atoms with Gasteiger partial charge in [0, 0.05) is 38.3 Å². The predicted molar refractivity (Wildman–Crippen MR) is 255 cm³/mol. The maximum absolute atomic E-state index is 16.6. The summed E-state index contributed by atoms with van der Waals surface area (Å²) in [7, 11) is 1.23. The molecule has 1 spiro atoms. The summed E-state index contributed by atoms with van der Waals surface area (Å²) in [6.45, 7) is 5.32. The summed E-state index contributed by atoms with van der Waals surface area (Å²) < 4.78 is 29.2. The van der Waals surface area contributed by atoms with Crippen LogP contribution < -0.4 is 24.4 Å². The van der Waals surface area contributed by atoms with Crippen molar-refractivity contribution in [2.45, 2.75) is 56.1 Å². The number of hydrogen-bond acceptors (Lipinski definition) is 13. The number of esters is 2. The summed E-state index contributed by atoms with van der Waals surface area (Å²) in [4.78, 5) is 83.4. The number of urea groups is 1. The molecule has 5 aliphatic heterocycles. The van der Waals surface area contributed by atoms with E-state index in [9.17, 15) is 14.7 Å². The first-order valence-electron chi connectivity index (χ1n) is 23.7. The minimum absolute atomic E-state index is 0.0982. The largest absolute Gasteiger partial charge is 0.491 e. The van der Waals surface area contributed by atoms with Crippen molar-refractivity contribution >= 4 is 35.5 Å². The molecular formula is C54H55N5O11. The van der Waals surface area contributed by atoms with Gasteiger partial charge in [-0.25, -0.2) is 14.5 Å². The average molecular weight is 950 g/mol. The van der Waals surface area contributed by atoms with E-state index in [1.807, 2.05) is 89.8 Å². The van der Waals surface area contributed by atoms with Gasteiger partial charge < -0.3 is 39.0 Å². The molecule has 0 radical (unpaired) electrons. The molecule has 5 heterocycles. The lowest BCUT2D eigenvalue weighted by molar-refractivity contribution is -0.179. The van der Waals surface area contributed by atoms with Gasteiger partial charge in [-0.3, -0.25) is 24.2 Å². The Hall–Kier alpha value is -7.27. The SMILES string of the molecule is COC(=O)[C@@H](NC(=O)N1C(=O)[C@@]2(c3ccccc31)[C@H](c1ccccc1OCCO)N1[C@H](c3ccccc3)[C@H](c3ccccc3)OC(=O)[C@H]1[C@@H]2C(=O)N1CCN(Cc2ccc3c(c2)OCO3)CC1)C(C)C. The highest BCUT2D eigenvalue weighted by Gasteiger charge is 2.76. The van der Waals surface area contributed by atoms with Gasteiger partial charge >= 0.3 is 18.0 Å². The first-order valence-corrected chi connectivity index (χ1v) is 23.7. The number of amides is 4. The van der Waals surface area contributed by atoms with E-state index < -0.39 is 77.3 Å². The number of anilines is 1. The van der Waals surface area contributed by atoms with Crippen LogP contribution in [-0.4, -0.2) is 115 Å². The van der Waals surface area contributed by atoms with E-state index in [0.29, 0.717) is 53.6 Å². The molecule has 3 fully saturated rings. The molecule has 0 unspecified atom stereocenters. The van der Waals surface area contributed by atoms with Crippen LogP contribution in [0.5, 0.6) is 17.2 Å². The molecule has 7 atom stereocenters. The number of fused-ring (bicyclic) bond motifs is 4. The standard InChI is InChI=1S/C54H55N5O11/c1-33(2)44(50(62)66-3)55-53(65)58-39-20-12-11-19-38(39)54(52(58)64)43(49(61)57-26-24-56(25-27-57)31-34-22-23-41-42(30-34)69-32-68-41)46-51(63)70-47(36-16-8-5-9-17-36)45(35-14-6-4-7-15-35)59(46)48(54)37-18-10-13-21-40(37)67-29-28-60/h4-23,30,33,43-48,60H,24-29,31-32H2,1-3H3,(H,55,65)/t43-,44+,45-,46-,47+,48+,54-/m1/s1. The van der Waals surface area contributed by atoms with Crippen LogP contribution in [0.4, 0.5) is 10.5 Å². The van der Waals surface area contributed by atoms with Crippen LogP contribution in [0, 0.1) is 11.8 Å². The Morgan fingerprint density at radius 3 is 2.19 bits per heavy atom. The summed E-state index contributed by atoms with van der Waals surface area (Å²) in [6.07, 6.45) is -0.927. The number of ether oxygens (including phenoxy) is 5. The van der Waals surface area contributed by atoms with E-state index in [1.165, 1.54) is 7.11 Å². The Morgan fingerprint density at radius 2 is 1.47 bits per heavy atom. The third-order valence-corrected chi connectivity index (χ3v) is 14.3. The summed E-state index contributed by atoms with van der Waals surface area (Å²) in [5, 5.41) is 12.9. The van der Waals surface area contributed by atoms with Crippen molar-refractivity contribution < 1.29 is 52.8 Å². The van der Waals surface area contributed by atoms with Crippen molar-refractivity contribution in [3.05, 3.63) is 155 Å². The van der Waals surface area contributed by atoms with E-state index in [1.54, 1.807) is 61.2 Å². The van der Waals surface area contributed by atoms with Crippen molar-refractivity contribution in [2.75, 3.05) is 58.2 Å². The molecule has 5 aromatic carbocycles. The fraction of sp³-hybridized carbons (Fsp3) is 0.352. The van der Waals surface area contributed by atoms with Gasteiger partial charge in [-0.05, 0) is 52.4 Å². The van der Waals surface area contributed by atoms with E-state index in [2.05, 4.69) is 10.2 Å². The van der Waals surface area contributed by atoms with Gasteiger partial charge in [-0.2, -0.15) is 0 Å². The van der Waals surface area contributed by atoms with Crippen LogP contribution >= 0.6 is 0 Å². The lowest BCUT2D eigenvalue weighted by atomic mass is 9.65. The summed E-state index contributed by atoms with van der Waals surface area (Å²) >= 11 is 0. The van der Waals surface area contributed by atoms with Gasteiger partial charge in [0.25, 0.3) is 0 Å². The number of carbonyl (C=O) groups excluding carboxylic acids is 5. The van der Waals surface area contributed by atoms with E-state index in [-0.39, 0.29) is 38.8 Å². The molecule has 10 rings (SSSR count). The average Bonchev–Trinajstić information content (AvgIpc) is 4.06. The van der Waals surface area contributed by atoms with Gasteiger partial charge in [0.15, 0.2) is 11.5 Å². The maximum atomic E-state index is 16.6. The molecule has 5 aliphatic rings. The van der Waals surface area contributed by atoms with Gasteiger partial charge in [0.2, 0.25) is 18.6 Å². The first-order chi connectivity index (χ1) is 34.1. The van der Waals surface area contributed by atoms with Gasteiger partial charge in [-0.1, -0.05) is 117 Å². The highest BCUT2D eigenvalue weighted by molar-refractivity contribution is 6.25. The Morgan fingerprint density at radius 1 is 0.800 bits per heavy atom. The number of aliphatic hydroxyl groups is 1.